The molecule has 28 heavy (non-hydrogen) atoms. The van der Waals surface area contributed by atoms with Crippen LogP contribution >= 0.6 is 22.7 Å². The standard InChI is InChI=1S/C17H22N6O3S2/c1-10(2)15-21-22-17(28-15)19-12(24)5-6-13(25)23-8-3-4-11(23)14(26)20-16-18-7-9-27-16/h7,9-11H,3-6,8H2,1-2H3,(H,18,20,26)(H,19,22,24). The lowest BCUT2D eigenvalue weighted by Gasteiger charge is -2.23. The lowest BCUT2D eigenvalue weighted by molar-refractivity contribution is -0.137. The summed E-state index contributed by atoms with van der Waals surface area (Å²) in [6.07, 6.45) is 3.06. The summed E-state index contributed by atoms with van der Waals surface area (Å²) in [5, 5.41) is 16.9. The van der Waals surface area contributed by atoms with E-state index in [0.29, 0.717) is 23.2 Å². The fourth-order valence-corrected chi connectivity index (χ4v) is 4.17. The number of nitrogens with zero attached hydrogens (tertiary/aromatic N) is 4. The van der Waals surface area contributed by atoms with E-state index in [0.717, 1.165) is 11.4 Å². The Morgan fingerprint density at radius 2 is 2.04 bits per heavy atom. The van der Waals surface area contributed by atoms with Gasteiger partial charge in [-0.15, -0.1) is 21.5 Å². The summed E-state index contributed by atoms with van der Waals surface area (Å²) < 4.78 is 0. The second kappa shape index (κ2) is 9.20. The van der Waals surface area contributed by atoms with E-state index in [2.05, 4.69) is 25.8 Å². The first-order valence-corrected chi connectivity index (χ1v) is 10.8. The number of carbonyl (C=O) groups is 3. The van der Waals surface area contributed by atoms with Crippen LogP contribution in [0.5, 0.6) is 0 Å². The van der Waals surface area contributed by atoms with Crippen molar-refractivity contribution in [2.45, 2.75) is 51.5 Å². The zero-order valence-corrected chi connectivity index (χ0v) is 17.3. The Balaban J connectivity index is 1.48. The van der Waals surface area contributed by atoms with Crippen LogP contribution in [0.4, 0.5) is 10.3 Å². The van der Waals surface area contributed by atoms with Crippen molar-refractivity contribution in [3.8, 4) is 0 Å². The number of rotatable bonds is 7. The molecule has 0 saturated carbocycles. The van der Waals surface area contributed by atoms with Gasteiger partial charge in [0.05, 0.1) is 0 Å². The molecule has 9 nitrogen and oxygen atoms in total. The third-order valence-corrected chi connectivity index (χ3v) is 6.11. The van der Waals surface area contributed by atoms with Gasteiger partial charge in [-0.3, -0.25) is 14.4 Å². The zero-order chi connectivity index (χ0) is 20.1. The van der Waals surface area contributed by atoms with E-state index < -0.39 is 6.04 Å². The van der Waals surface area contributed by atoms with Crippen LogP contribution in [0.15, 0.2) is 11.6 Å². The maximum absolute atomic E-state index is 12.5. The lowest BCUT2D eigenvalue weighted by atomic mass is 10.2. The molecular formula is C17H22N6O3S2. The van der Waals surface area contributed by atoms with Crippen LogP contribution < -0.4 is 10.6 Å². The second-order valence-electron chi connectivity index (χ2n) is 6.72. The summed E-state index contributed by atoms with van der Waals surface area (Å²) in [6.45, 7) is 4.52. The Morgan fingerprint density at radius 1 is 1.21 bits per heavy atom. The minimum absolute atomic E-state index is 0.0345. The van der Waals surface area contributed by atoms with Crippen molar-refractivity contribution in [2.24, 2.45) is 0 Å². The number of hydrogen-bond donors (Lipinski definition) is 2. The molecular weight excluding hydrogens is 400 g/mol. The average Bonchev–Trinajstić information content (AvgIpc) is 3.40. The van der Waals surface area contributed by atoms with Crippen molar-refractivity contribution in [2.75, 3.05) is 17.2 Å². The van der Waals surface area contributed by atoms with Gasteiger partial charge in [-0.25, -0.2) is 4.98 Å². The number of likely N-dealkylation sites (tertiary alicyclic amines) is 1. The van der Waals surface area contributed by atoms with Crippen LogP contribution in [-0.4, -0.2) is 50.4 Å². The van der Waals surface area contributed by atoms with Crippen molar-refractivity contribution in [1.82, 2.24) is 20.1 Å². The molecule has 3 heterocycles. The van der Waals surface area contributed by atoms with Crippen LogP contribution in [-0.2, 0) is 14.4 Å². The molecule has 2 N–H and O–H groups in total. The molecule has 150 valence electrons. The lowest BCUT2D eigenvalue weighted by Crippen LogP contribution is -2.43. The van der Waals surface area contributed by atoms with Crippen molar-refractivity contribution in [3.63, 3.8) is 0 Å². The fourth-order valence-electron chi connectivity index (χ4n) is 2.88. The van der Waals surface area contributed by atoms with Crippen LogP contribution in [0.1, 0.15) is 50.5 Å². The monoisotopic (exact) mass is 422 g/mol. The largest absolute Gasteiger partial charge is 0.331 e. The van der Waals surface area contributed by atoms with Gasteiger partial charge < -0.3 is 15.5 Å². The summed E-state index contributed by atoms with van der Waals surface area (Å²) in [5.74, 6) is -0.484. The number of nitrogens with one attached hydrogen (secondary N) is 2. The van der Waals surface area contributed by atoms with Crippen molar-refractivity contribution < 1.29 is 14.4 Å². The molecule has 1 unspecified atom stereocenters. The number of aromatic nitrogens is 3. The predicted molar refractivity (Wildman–Crippen MR) is 107 cm³/mol. The van der Waals surface area contributed by atoms with Crippen LogP contribution in [0, 0.1) is 0 Å². The molecule has 2 aromatic heterocycles. The average molecular weight is 423 g/mol. The molecule has 3 amide bonds. The van der Waals surface area contributed by atoms with Gasteiger partial charge in [0.25, 0.3) is 0 Å². The van der Waals surface area contributed by atoms with Crippen molar-refractivity contribution >= 4 is 50.7 Å². The van der Waals surface area contributed by atoms with Gasteiger partial charge in [0.1, 0.15) is 11.0 Å². The normalized spacial score (nSPS) is 16.4. The first-order chi connectivity index (χ1) is 13.4. The van der Waals surface area contributed by atoms with Gasteiger partial charge in [0.2, 0.25) is 22.9 Å². The van der Waals surface area contributed by atoms with E-state index in [-0.39, 0.29) is 36.5 Å². The van der Waals surface area contributed by atoms with Gasteiger partial charge >= 0.3 is 0 Å². The van der Waals surface area contributed by atoms with Gasteiger partial charge in [0, 0.05) is 36.9 Å². The molecule has 1 aliphatic rings. The fraction of sp³-hybridized carbons (Fsp3) is 0.529. The van der Waals surface area contributed by atoms with E-state index >= 15 is 0 Å². The van der Waals surface area contributed by atoms with E-state index in [1.165, 1.54) is 22.7 Å². The minimum Gasteiger partial charge on any atom is -0.331 e. The summed E-state index contributed by atoms with van der Waals surface area (Å²) in [5.41, 5.74) is 0. The van der Waals surface area contributed by atoms with Crippen molar-refractivity contribution in [3.05, 3.63) is 16.6 Å². The van der Waals surface area contributed by atoms with Gasteiger partial charge in [-0.1, -0.05) is 25.2 Å². The molecule has 0 radical (unpaired) electrons. The quantitative estimate of drug-likeness (QED) is 0.708. The van der Waals surface area contributed by atoms with Crippen LogP contribution in [0.2, 0.25) is 0 Å². The predicted octanol–water partition coefficient (Wildman–Crippen LogP) is 2.47. The number of hydrogen-bond acceptors (Lipinski definition) is 8. The molecule has 3 rings (SSSR count). The second-order valence-corrected chi connectivity index (χ2v) is 8.62. The molecule has 1 fully saturated rings. The third kappa shape index (κ3) is 5.10. The Morgan fingerprint density at radius 3 is 2.71 bits per heavy atom. The first-order valence-electron chi connectivity index (χ1n) is 9.07. The molecule has 0 aromatic carbocycles. The van der Waals surface area contributed by atoms with E-state index in [4.69, 9.17) is 0 Å². The number of thiazole rings is 1. The summed E-state index contributed by atoms with van der Waals surface area (Å²) in [6, 6.07) is -0.517. The smallest absolute Gasteiger partial charge is 0.248 e. The summed E-state index contributed by atoms with van der Waals surface area (Å²) in [4.78, 5) is 42.7. The van der Waals surface area contributed by atoms with Crippen LogP contribution in [0.3, 0.4) is 0 Å². The SMILES string of the molecule is CC(C)c1nnc(NC(=O)CCC(=O)N2CCCC2C(=O)Nc2nccs2)s1. The van der Waals surface area contributed by atoms with Crippen LogP contribution in [0.25, 0.3) is 0 Å². The van der Waals surface area contributed by atoms with Gasteiger partial charge in [0.15, 0.2) is 5.13 Å². The number of carbonyl (C=O) groups excluding carboxylic acids is 3. The van der Waals surface area contributed by atoms with Gasteiger partial charge in [-0.2, -0.15) is 0 Å². The highest BCUT2D eigenvalue weighted by molar-refractivity contribution is 7.15. The molecule has 11 heteroatoms. The molecule has 0 aliphatic carbocycles. The van der Waals surface area contributed by atoms with Crippen molar-refractivity contribution in [1.29, 1.82) is 0 Å². The summed E-state index contributed by atoms with van der Waals surface area (Å²) in [7, 11) is 0. The molecule has 0 bridgehead atoms. The highest BCUT2D eigenvalue weighted by Crippen LogP contribution is 2.23. The maximum atomic E-state index is 12.5. The Hall–Kier alpha value is -2.40. The molecule has 0 spiro atoms. The highest BCUT2D eigenvalue weighted by atomic mass is 32.1. The Bertz CT molecular complexity index is 836. The zero-order valence-electron chi connectivity index (χ0n) is 15.7. The first kappa shape index (κ1) is 20.3. The molecule has 1 atom stereocenters. The van der Waals surface area contributed by atoms with E-state index in [1.54, 1.807) is 16.5 Å². The summed E-state index contributed by atoms with van der Waals surface area (Å²) >= 11 is 2.66. The van der Waals surface area contributed by atoms with E-state index in [1.807, 2.05) is 13.8 Å². The number of amides is 3. The maximum Gasteiger partial charge on any atom is 0.248 e. The Kier molecular flexibility index (Phi) is 6.68. The Labute approximate surface area is 170 Å². The molecule has 1 saturated heterocycles. The third-order valence-electron chi connectivity index (χ3n) is 4.29. The molecule has 1 aliphatic heterocycles. The number of anilines is 2. The minimum atomic E-state index is -0.517. The highest BCUT2D eigenvalue weighted by Gasteiger charge is 2.34. The van der Waals surface area contributed by atoms with E-state index in [9.17, 15) is 14.4 Å². The van der Waals surface area contributed by atoms with Gasteiger partial charge in [-0.05, 0) is 12.8 Å². The molecule has 2 aromatic rings. The topological polar surface area (TPSA) is 117 Å².